The van der Waals surface area contributed by atoms with Crippen molar-refractivity contribution in [1.29, 1.82) is 0 Å². The number of rotatable bonds is 4. The van der Waals surface area contributed by atoms with Gasteiger partial charge in [-0.3, -0.25) is 4.79 Å². The maximum Gasteiger partial charge on any atom is 0.343 e. The van der Waals surface area contributed by atoms with Crippen molar-refractivity contribution in [2.24, 2.45) is 0 Å². The third-order valence-electron chi connectivity index (χ3n) is 3.42. The van der Waals surface area contributed by atoms with Gasteiger partial charge in [-0.25, -0.2) is 4.79 Å². The molecule has 1 aliphatic rings. The summed E-state index contributed by atoms with van der Waals surface area (Å²) in [5.41, 5.74) is 6.56. The quantitative estimate of drug-likeness (QED) is 0.676. The van der Waals surface area contributed by atoms with Crippen molar-refractivity contribution in [1.82, 2.24) is 0 Å². The number of hydrogen-bond acceptors (Lipinski definition) is 7. The fraction of sp³-hybridized carbons (Fsp3) is 0.571. The second kappa shape index (κ2) is 6.44. The number of ketones is 1. The second-order valence-corrected chi connectivity index (χ2v) is 5.92. The van der Waals surface area contributed by atoms with Crippen molar-refractivity contribution in [2.45, 2.75) is 26.4 Å². The van der Waals surface area contributed by atoms with Crippen LogP contribution in [0.2, 0.25) is 0 Å². The maximum atomic E-state index is 12.0. The van der Waals surface area contributed by atoms with E-state index in [0.29, 0.717) is 41.6 Å². The molecule has 1 aliphatic heterocycles. The fourth-order valence-corrected chi connectivity index (χ4v) is 3.58. The van der Waals surface area contributed by atoms with Gasteiger partial charge in [-0.2, -0.15) is 0 Å². The molecule has 0 radical (unpaired) electrons. The molecule has 1 atom stereocenters. The molecule has 7 heteroatoms. The Morgan fingerprint density at radius 1 is 1.52 bits per heavy atom. The summed E-state index contributed by atoms with van der Waals surface area (Å²) < 4.78 is 10.3. The molecule has 1 aromatic rings. The number of morpholine rings is 1. The van der Waals surface area contributed by atoms with Crippen LogP contribution in [0.1, 0.15) is 40.3 Å². The second-order valence-electron chi connectivity index (χ2n) is 4.92. The van der Waals surface area contributed by atoms with E-state index in [1.807, 2.05) is 11.8 Å². The minimum absolute atomic E-state index is 0.0600. The molecule has 0 aromatic carbocycles. The zero-order valence-corrected chi connectivity index (χ0v) is 13.3. The number of nitrogens with zero attached hydrogens (tertiary/aromatic N) is 1. The molecule has 116 valence electrons. The molecule has 0 bridgehead atoms. The minimum atomic E-state index is -0.506. The number of nitrogens with two attached hydrogens (primary N) is 1. The minimum Gasteiger partial charge on any atom is -0.465 e. The van der Waals surface area contributed by atoms with Crippen molar-refractivity contribution in [3.63, 3.8) is 0 Å². The highest BCUT2D eigenvalue weighted by Crippen LogP contribution is 2.40. The lowest BCUT2D eigenvalue weighted by atomic mass is 10.1. The summed E-state index contributed by atoms with van der Waals surface area (Å²) in [5.74, 6) is -0.566. The summed E-state index contributed by atoms with van der Waals surface area (Å²) in [6, 6.07) is 0. The van der Waals surface area contributed by atoms with E-state index < -0.39 is 5.97 Å². The predicted octanol–water partition coefficient (Wildman–Crippen LogP) is 1.93. The van der Waals surface area contributed by atoms with Gasteiger partial charge in [-0.15, -0.1) is 11.3 Å². The van der Waals surface area contributed by atoms with Crippen LogP contribution in [-0.2, 0) is 9.47 Å². The number of methoxy groups -OCH3 is 1. The summed E-state index contributed by atoms with van der Waals surface area (Å²) >= 11 is 1.27. The highest BCUT2D eigenvalue weighted by atomic mass is 32.1. The summed E-state index contributed by atoms with van der Waals surface area (Å²) in [4.78, 5) is 26.5. The van der Waals surface area contributed by atoms with Gasteiger partial charge in [0.2, 0.25) is 0 Å². The molecule has 1 fully saturated rings. The number of ether oxygens (including phenoxy) is 2. The number of Topliss-reactive ketones (excluding diaryl/α,β-unsaturated/α-hetero) is 1. The molecule has 2 heterocycles. The molecular formula is C14H20N2O4S. The number of thiophene rings is 1. The van der Waals surface area contributed by atoms with E-state index in [0.717, 1.165) is 0 Å². The van der Waals surface area contributed by atoms with Gasteiger partial charge in [0.1, 0.15) is 10.6 Å². The molecule has 0 aliphatic carbocycles. The van der Waals surface area contributed by atoms with E-state index in [1.54, 1.807) is 6.92 Å². The van der Waals surface area contributed by atoms with Crippen molar-refractivity contribution in [3.05, 3.63) is 10.4 Å². The van der Waals surface area contributed by atoms with Gasteiger partial charge < -0.3 is 20.1 Å². The topological polar surface area (TPSA) is 81.9 Å². The van der Waals surface area contributed by atoms with Crippen molar-refractivity contribution < 1.29 is 19.1 Å². The standard InChI is InChI=1S/C14H20N2O4S/c1-4-9(17)12-11(15)10(14(18)19-3)13(21-12)16-5-6-20-8(2)7-16/h8H,4-7,15H2,1-3H3. The lowest BCUT2D eigenvalue weighted by Gasteiger charge is -2.32. The van der Waals surface area contributed by atoms with E-state index in [-0.39, 0.29) is 17.6 Å². The number of nitrogen functional groups attached to an aromatic ring is 1. The fourth-order valence-electron chi connectivity index (χ4n) is 2.32. The summed E-state index contributed by atoms with van der Waals surface area (Å²) in [6.07, 6.45) is 0.419. The van der Waals surface area contributed by atoms with Gasteiger partial charge in [0.15, 0.2) is 5.78 Å². The van der Waals surface area contributed by atoms with Crippen molar-refractivity contribution in [3.8, 4) is 0 Å². The van der Waals surface area contributed by atoms with E-state index in [4.69, 9.17) is 15.2 Å². The SMILES string of the molecule is CCC(=O)c1sc(N2CCOC(C)C2)c(C(=O)OC)c1N. The Morgan fingerprint density at radius 2 is 2.24 bits per heavy atom. The Bertz CT molecular complexity index is 555. The molecule has 1 aromatic heterocycles. The van der Waals surface area contributed by atoms with Gasteiger partial charge in [0.25, 0.3) is 0 Å². The summed E-state index contributed by atoms with van der Waals surface area (Å²) in [6.45, 7) is 5.64. The lowest BCUT2D eigenvalue weighted by molar-refractivity contribution is 0.0525. The van der Waals surface area contributed by atoms with Crippen molar-refractivity contribution >= 4 is 33.8 Å². The first-order valence-corrected chi connectivity index (χ1v) is 7.71. The van der Waals surface area contributed by atoms with E-state index >= 15 is 0 Å². The average Bonchev–Trinajstić information content (AvgIpc) is 2.83. The first-order chi connectivity index (χ1) is 9.99. The Labute approximate surface area is 127 Å². The number of carbonyl (C=O) groups excluding carboxylic acids is 2. The van der Waals surface area contributed by atoms with Crippen LogP contribution < -0.4 is 10.6 Å². The molecule has 2 N–H and O–H groups in total. The zero-order chi connectivity index (χ0) is 15.6. The Kier molecular flexibility index (Phi) is 4.84. The molecule has 21 heavy (non-hydrogen) atoms. The third kappa shape index (κ3) is 3.03. The number of hydrogen-bond donors (Lipinski definition) is 1. The molecular weight excluding hydrogens is 292 g/mol. The van der Waals surface area contributed by atoms with Crippen LogP contribution in [0.5, 0.6) is 0 Å². The number of anilines is 2. The van der Waals surface area contributed by atoms with Crippen LogP contribution >= 0.6 is 11.3 Å². The maximum absolute atomic E-state index is 12.0. The monoisotopic (exact) mass is 312 g/mol. The average molecular weight is 312 g/mol. The highest BCUT2D eigenvalue weighted by molar-refractivity contribution is 7.19. The first kappa shape index (κ1) is 15.8. The zero-order valence-electron chi connectivity index (χ0n) is 12.5. The normalized spacial score (nSPS) is 18.6. The van der Waals surface area contributed by atoms with Gasteiger partial charge in [0.05, 0.1) is 30.4 Å². The van der Waals surface area contributed by atoms with Crippen LogP contribution in [-0.4, -0.2) is 44.7 Å². The molecule has 0 saturated carbocycles. The number of esters is 1. The van der Waals surface area contributed by atoms with Gasteiger partial charge >= 0.3 is 5.97 Å². The Hall–Kier alpha value is -1.60. The Morgan fingerprint density at radius 3 is 2.81 bits per heavy atom. The van der Waals surface area contributed by atoms with E-state index in [2.05, 4.69) is 0 Å². The molecule has 1 saturated heterocycles. The van der Waals surface area contributed by atoms with Crippen LogP contribution in [0.15, 0.2) is 0 Å². The van der Waals surface area contributed by atoms with Gasteiger partial charge in [-0.1, -0.05) is 6.92 Å². The molecule has 0 spiro atoms. The molecule has 6 nitrogen and oxygen atoms in total. The van der Waals surface area contributed by atoms with Gasteiger partial charge in [0, 0.05) is 19.5 Å². The van der Waals surface area contributed by atoms with Crippen LogP contribution in [0, 0.1) is 0 Å². The first-order valence-electron chi connectivity index (χ1n) is 6.89. The van der Waals surface area contributed by atoms with E-state index in [9.17, 15) is 9.59 Å². The highest BCUT2D eigenvalue weighted by Gasteiger charge is 2.30. The van der Waals surface area contributed by atoms with Crippen LogP contribution in [0.4, 0.5) is 10.7 Å². The smallest absolute Gasteiger partial charge is 0.343 e. The van der Waals surface area contributed by atoms with Crippen molar-refractivity contribution in [2.75, 3.05) is 37.4 Å². The predicted molar refractivity (Wildman–Crippen MR) is 82.3 cm³/mol. The molecule has 0 amide bonds. The van der Waals surface area contributed by atoms with Crippen LogP contribution in [0.3, 0.4) is 0 Å². The van der Waals surface area contributed by atoms with Gasteiger partial charge in [-0.05, 0) is 6.92 Å². The lowest BCUT2D eigenvalue weighted by Crippen LogP contribution is -2.41. The van der Waals surface area contributed by atoms with Crippen LogP contribution in [0.25, 0.3) is 0 Å². The summed E-state index contributed by atoms with van der Waals surface area (Å²) in [5, 5.41) is 0.700. The largest absolute Gasteiger partial charge is 0.465 e. The summed E-state index contributed by atoms with van der Waals surface area (Å²) in [7, 11) is 1.31. The molecule has 1 unspecified atom stereocenters. The number of carbonyl (C=O) groups is 2. The Balaban J connectivity index is 2.47. The third-order valence-corrected chi connectivity index (χ3v) is 4.73. The molecule has 2 rings (SSSR count). The van der Waals surface area contributed by atoms with E-state index in [1.165, 1.54) is 18.4 Å².